The van der Waals surface area contributed by atoms with E-state index >= 15 is 0 Å². The van der Waals surface area contributed by atoms with Gasteiger partial charge in [0.05, 0.1) is 10.6 Å². The van der Waals surface area contributed by atoms with E-state index < -0.39 is 5.41 Å². The molecule has 2 aromatic rings. The number of unbranched alkanes of at least 4 members (excludes halogenated alkanes) is 1. The molecule has 2 aromatic carbocycles. The number of hydrogen-bond donors (Lipinski definition) is 1. The minimum absolute atomic E-state index is 0.129. The number of anilines is 2. The second-order valence-electron chi connectivity index (χ2n) is 6.90. The Balaban J connectivity index is 2.26. The predicted octanol–water partition coefficient (Wildman–Crippen LogP) is 6.00. The summed E-state index contributed by atoms with van der Waals surface area (Å²) in [5.41, 5.74) is 0.324. The second-order valence-corrected chi connectivity index (χ2v) is 8.76. The number of rotatable bonds is 6. The molecule has 0 saturated carbocycles. The highest BCUT2D eigenvalue weighted by Gasteiger charge is 2.49. The van der Waals surface area contributed by atoms with Crippen LogP contribution in [0.25, 0.3) is 0 Å². The van der Waals surface area contributed by atoms with Gasteiger partial charge in [0.15, 0.2) is 0 Å². The molecule has 0 aliphatic carbocycles. The van der Waals surface area contributed by atoms with Crippen LogP contribution in [0.3, 0.4) is 0 Å². The van der Waals surface area contributed by atoms with E-state index in [-0.39, 0.29) is 16.8 Å². The normalized spacial score (nSPS) is 19.5. The van der Waals surface area contributed by atoms with Crippen molar-refractivity contribution in [3.05, 3.63) is 42.5 Å². The van der Waals surface area contributed by atoms with Gasteiger partial charge in [-0.2, -0.15) is 0 Å². The number of para-hydroxylation sites is 1. The second kappa shape index (κ2) is 8.62. The summed E-state index contributed by atoms with van der Waals surface area (Å²) in [7, 11) is 0. The Hall–Kier alpha value is -1.92. The molecule has 6 heteroatoms. The topological polar surface area (TPSA) is 57.6 Å². The van der Waals surface area contributed by atoms with Crippen LogP contribution in [0, 0.1) is 5.41 Å². The van der Waals surface area contributed by atoms with Crippen LogP contribution in [0.4, 0.5) is 11.4 Å². The van der Waals surface area contributed by atoms with Crippen LogP contribution in [0.5, 0.6) is 5.75 Å². The van der Waals surface area contributed by atoms with Crippen molar-refractivity contribution in [1.29, 1.82) is 0 Å². The molecule has 0 bridgehead atoms. The highest BCUT2D eigenvalue weighted by molar-refractivity contribution is 8.14. The van der Waals surface area contributed by atoms with Gasteiger partial charge in [0.1, 0.15) is 11.2 Å². The molecule has 1 amide bonds. The maximum absolute atomic E-state index is 13.9. The van der Waals surface area contributed by atoms with E-state index in [1.807, 2.05) is 49.6 Å². The molecule has 1 heterocycles. The van der Waals surface area contributed by atoms with Gasteiger partial charge in [0.2, 0.25) is 11.0 Å². The fourth-order valence-corrected chi connectivity index (χ4v) is 5.21. The van der Waals surface area contributed by atoms with Crippen LogP contribution < -0.4 is 4.90 Å². The fraction of sp³-hybridized carbons (Fsp3) is 0.364. The van der Waals surface area contributed by atoms with Crippen molar-refractivity contribution in [3.8, 4) is 5.75 Å². The van der Waals surface area contributed by atoms with Crippen molar-refractivity contribution in [2.45, 2.75) is 49.3 Å². The summed E-state index contributed by atoms with van der Waals surface area (Å²) in [5, 5.41) is 10.2. The largest absolute Gasteiger partial charge is 0.507 e. The van der Waals surface area contributed by atoms with Crippen LogP contribution >= 0.6 is 23.5 Å². The number of benzene rings is 2. The minimum atomic E-state index is -1.06. The first kappa shape index (κ1) is 20.8. The number of carbonyl (C=O) groups is 2. The number of phenols is 1. The molecule has 28 heavy (non-hydrogen) atoms. The van der Waals surface area contributed by atoms with E-state index in [0.717, 1.165) is 30.3 Å². The lowest BCUT2D eigenvalue weighted by Crippen LogP contribution is -2.44. The molecule has 148 valence electrons. The van der Waals surface area contributed by atoms with Gasteiger partial charge in [0, 0.05) is 10.6 Å². The number of carbonyl (C=O) groups excluding carboxylic acids is 2. The van der Waals surface area contributed by atoms with Crippen molar-refractivity contribution in [2.24, 2.45) is 5.41 Å². The van der Waals surface area contributed by atoms with Crippen molar-refractivity contribution in [1.82, 2.24) is 0 Å². The average molecular weight is 416 g/mol. The number of hydrogen-bond acceptors (Lipinski definition) is 5. The fourth-order valence-electron chi connectivity index (χ4n) is 3.56. The van der Waals surface area contributed by atoms with Gasteiger partial charge in [-0.25, -0.2) is 0 Å². The first-order valence-electron chi connectivity index (χ1n) is 9.51. The molecule has 0 aromatic heterocycles. The van der Waals surface area contributed by atoms with Crippen LogP contribution in [0.15, 0.2) is 52.3 Å². The molecule has 1 N–H and O–H groups in total. The number of amides is 1. The van der Waals surface area contributed by atoms with E-state index in [1.54, 1.807) is 11.0 Å². The van der Waals surface area contributed by atoms with E-state index in [2.05, 4.69) is 6.92 Å². The Morgan fingerprint density at radius 3 is 2.46 bits per heavy atom. The van der Waals surface area contributed by atoms with Crippen molar-refractivity contribution >= 4 is 45.9 Å². The van der Waals surface area contributed by atoms with Gasteiger partial charge in [-0.3, -0.25) is 14.5 Å². The average Bonchev–Trinajstić information content (AvgIpc) is 2.79. The first-order valence-corrected chi connectivity index (χ1v) is 11.6. The lowest BCUT2D eigenvalue weighted by Gasteiger charge is -2.33. The third-order valence-corrected chi connectivity index (χ3v) is 7.17. The van der Waals surface area contributed by atoms with Gasteiger partial charge >= 0.3 is 0 Å². The standard InChI is InChI=1S/C22H25NO3S2/c1-4-6-12-22(5-2)20(25)23(15-10-8-7-9-11-15)16-13-19(27-3)17(24)14-18(16)28-21(22)26/h7-11,13-14,24H,4-6,12H2,1-3H3. The number of nitrogens with zero attached hydrogens (tertiary/aromatic N) is 1. The zero-order chi connectivity index (χ0) is 20.3. The summed E-state index contributed by atoms with van der Waals surface area (Å²) in [5.74, 6) is -0.0480. The predicted molar refractivity (Wildman–Crippen MR) is 117 cm³/mol. The van der Waals surface area contributed by atoms with E-state index in [1.165, 1.54) is 11.8 Å². The quantitative estimate of drug-likeness (QED) is 0.463. The molecular formula is C22H25NO3S2. The van der Waals surface area contributed by atoms with Gasteiger partial charge < -0.3 is 5.11 Å². The Bertz CT molecular complexity index is 885. The third kappa shape index (κ3) is 3.55. The first-order chi connectivity index (χ1) is 13.5. The number of fused-ring (bicyclic) bond motifs is 1. The SMILES string of the molecule is CCCCC1(CC)C(=O)Sc2cc(O)c(SC)cc2N(c2ccccc2)C1=O. The van der Waals surface area contributed by atoms with Gasteiger partial charge in [-0.1, -0.05) is 44.9 Å². The Morgan fingerprint density at radius 2 is 1.86 bits per heavy atom. The summed E-state index contributed by atoms with van der Waals surface area (Å²) >= 11 is 2.49. The van der Waals surface area contributed by atoms with Gasteiger partial charge in [-0.05, 0) is 55.1 Å². The van der Waals surface area contributed by atoms with Crippen LogP contribution in [0.2, 0.25) is 0 Å². The summed E-state index contributed by atoms with van der Waals surface area (Å²) < 4.78 is 0. The molecule has 1 unspecified atom stereocenters. The molecule has 0 radical (unpaired) electrons. The molecule has 3 rings (SSSR count). The third-order valence-electron chi connectivity index (χ3n) is 5.28. The highest BCUT2D eigenvalue weighted by atomic mass is 32.2. The molecule has 1 atom stereocenters. The van der Waals surface area contributed by atoms with Crippen molar-refractivity contribution in [2.75, 3.05) is 11.2 Å². The number of thioether (sulfide) groups is 2. The Labute approximate surface area is 174 Å². The number of aromatic hydroxyl groups is 1. The molecule has 0 spiro atoms. The monoisotopic (exact) mass is 415 g/mol. The summed E-state index contributed by atoms with van der Waals surface area (Å²) in [6.07, 6.45) is 4.59. The van der Waals surface area contributed by atoms with E-state index in [0.29, 0.717) is 28.3 Å². The maximum Gasteiger partial charge on any atom is 0.246 e. The van der Waals surface area contributed by atoms with Crippen molar-refractivity contribution < 1.29 is 14.7 Å². The molecule has 1 aliphatic rings. The number of phenolic OH excluding ortho intramolecular Hbond substituents is 1. The van der Waals surface area contributed by atoms with Crippen molar-refractivity contribution in [3.63, 3.8) is 0 Å². The highest BCUT2D eigenvalue weighted by Crippen LogP contribution is 2.50. The lowest BCUT2D eigenvalue weighted by atomic mass is 9.79. The van der Waals surface area contributed by atoms with Crippen LogP contribution in [-0.4, -0.2) is 22.4 Å². The Kier molecular flexibility index (Phi) is 6.40. The zero-order valence-electron chi connectivity index (χ0n) is 16.4. The van der Waals surface area contributed by atoms with Gasteiger partial charge in [0.25, 0.3) is 0 Å². The van der Waals surface area contributed by atoms with Crippen LogP contribution in [-0.2, 0) is 9.59 Å². The summed E-state index contributed by atoms with van der Waals surface area (Å²) in [6, 6.07) is 12.9. The maximum atomic E-state index is 13.9. The smallest absolute Gasteiger partial charge is 0.246 e. The molecule has 0 saturated heterocycles. The lowest BCUT2D eigenvalue weighted by molar-refractivity contribution is -0.136. The summed E-state index contributed by atoms with van der Waals surface area (Å²) in [6.45, 7) is 3.98. The molecule has 1 aliphatic heterocycles. The van der Waals surface area contributed by atoms with Gasteiger partial charge in [-0.15, -0.1) is 11.8 Å². The Morgan fingerprint density at radius 1 is 1.14 bits per heavy atom. The zero-order valence-corrected chi connectivity index (χ0v) is 18.0. The van der Waals surface area contributed by atoms with E-state index in [4.69, 9.17) is 0 Å². The minimum Gasteiger partial charge on any atom is -0.507 e. The molecule has 4 nitrogen and oxygen atoms in total. The summed E-state index contributed by atoms with van der Waals surface area (Å²) in [4.78, 5) is 30.2. The van der Waals surface area contributed by atoms with Crippen LogP contribution in [0.1, 0.15) is 39.5 Å². The van der Waals surface area contributed by atoms with E-state index in [9.17, 15) is 14.7 Å². The molecule has 0 fully saturated rings. The molecular weight excluding hydrogens is 390 g/mol.